The highest BCUT2D eigenvalue weighted by Crippen LogP contribution is 2.42. The van der Waals surface area contributed by atoms with Gasteiger partial charge in [0.2, 0.25) is 11.8 Å². The van der Waals surface area contributed by atoms with E-state index in [2.05, 4.69) is 5.32 Å². The van der Waals surface area contributed by atoms with Crippen LogP contribution in [0.2, 0.25) is 5.02 Å². The molecule has 8 heteroatoms. The van der Waals surface area contributed by atoms with Gasteiger partial charge in [0.15, 0.2) is 11.5 Å². The number of nitrogens with one attached hydrogen (secondary N) is 1. The summed E-state index contributed by atoms with van der Waals surface area (Å²) in [7, 11) is 0. The minimum absolute atomic E-state index is 0.141. The van der Waals surface area contributed by atoms with Crippen molar-refractivity contribution in [3.63, 3.8) is 0 Å². The molecule has 172 valence electrons. The molecule has 7 nitrogen and oxygen atoms in total. The fourth-order valence-corrected chi connectivity index (χ4v) is 4.28. The van der Waals surface area contributed by atoms with Gasteiger partial charge in [0.1, 0.15) is 6.54 Å². The van der Waals surface area contributed by atoms with Crippen LogP contribution in [0.1, 0.15) is 18.1 Å². The highest BCUT2D eigenvalue weighted by atomic mass is 35.5. The summed E-state index contributed by atoms with van der Waals surface area (Å²) >= 11 is 6.05. The zero-order valence-corrected chi connectivity index (χ0v) is 19.2. The number of benzene rings is 3. The van der Waals surface area contributed by atoms with E-state index in [9.17, 15) is 9.59 Å². The number of para-hydroxylation sites is 2. The third kappa shape index (κ3) is 4.06. The number of rotatable bonds is 6. The maximum absolute atomic E-state index is 13.5. The molecule has 0 spiro atoms. The van der Waals surface area contributed by atoms with Gasteiger partial charge in [-0.25, -0.2) is 9.36 Å². The van der Waals surface area contributed by atoms with Crippen LogP contribution in [0.4, 0.5) is 5.69 Å². The Balaban J connectivity index is 1.58. The number of anilines is 1. The number of aromatic nitrogens is 2. The van der Waals surface area contributed by atoms with Gasteiger partial charge in [-0.1, -0.05) is 48.0 Å². The lowest BCUT2D eigenvalue weighted by Crippen LogP contribution is -2.27. The van der Waals surface area contributed by atoms with Crippen molar-refractivity contribution in [1.82, 2.24) is 9.36 Å². The minimum Gasteiger partial charge on any atom is -0.490 e. The van der Waals surface area contributed by atoms with Crippen LogP contribution in [-0.4, -0.2) is 21.9 Å². The van der Waals surface area contributed by atoms with Crippen LogP contribution < -0.4 is 20.3 Å². The fraction of sp³-hybridized carbons (Fsp3) is 0.154. The molecule has 0 aliphatic carbocycles. The van der Waals surface area contributed by atoms with Gasteiger partial charge in [-0.3, -0.25) is 9.59 Å². The van der Waals surface area contributed by atoms with Gasteiger partial charge in [0, 0.05) is 22.7 Å². The highest BCUT2D eigenvalue weighted by Gasteiger charge is 2.30. The Kier molecular flexibility index (Phi) is 5.86. The predicted molar refractivity (Wildman–Crippen MR) is 131 cm³/mol. The number of halogens is 1. The molecule has 5 rings (SSSR count). The number of hydrogen-bond donors (Lipinski definition) is 1. The number of fused-ring (bicyclic) bond motifs is 2. The number of carbonyl (C=O) groups is 1. The Hall–Kier alpha value is -3.97. The number of hydrogen-bond acceptors (Lipinski definition) is 4. The first-order valence-electron chi connectivity index (χ1n) is 10.9. The molecule has 3 aromatic carbocycles. The second-order valence-electron chi connectivity index (χ2n) is 7.81. The van der Waals surface area contributed by atoms with Crippen LogP contribution in [0, 0.1) is 0 Å². The summed E-state index contributed by atoms with van der Waals surface area (Å²) in [6.07, 6.45) is 0.375. The molecule has 1 N–H and O–H groups in total. The third-order valence-electron chi connectivity index (χ3n) is 5.51. The number of ether oxygens (including phenoxy) is 2. The Morgan fingerprint density at radius 2 is 1.88 bits per heavy atom. The van der Waals surface area contributed by atoms with Crippen molar-refractivity contribution in [3.05, 3.63) is 99.3 Å². The molecule has 0 unspecified atom stereocenters. The van der Waals surface area contributed by atoms with Crippen molar-refractivity contribution in [2.24, 2.45) is 0 Å². The van der Waals surface area contributed by atoms with E-state index in [1.54, 1.807) is 28.9 Å². The minimum atomic E-state index is -0.322. The van der Waals surface area contributed by atoms with E-state index in [1.807, 2.05) is 55.5 Å². The van der Waals surface area contributed by atoms with Gasteiger partial charge >= 0.3 is 0 Å². The van der Waals surface area contributed by atoms with E-state index < -0.39 is 0 Å². The largest absolute Gasteiger partial charge is 0.490 e. The SMILES string of the molecule is CCOc1cccc2c1Oc1c(c(=O)n(-c3ccccc3)n1CC(=O)Nc1cccc(Cl)c1)C2. The summed E-state index contributed by atoms with van der Waals surface area (Å²) in [6, 6.07) is 21.7. The van der Waals surface area contributed by atoms with Crippen LogP contribution in [0.3, 0.4) is 0 Å². The van der Waals surface area contributed by atoms with Crippen LogP contribution in [0.5, 0.6) is 17.4 Å². The Labute approximate surface area is 201 Å². The van der Waals surface area contributed by atoms with E-state index >= 15 is 0 Å². The van der Waals surface area contributed by atoms with E-state index in [-0.39, 0.29) is 18.0 Å². The average Bonchev–Trinajstić information content (AvgIpc) is 3.09. The van der Waals surface area contributed by atoms with Gasteiger partial charge in [0.05, 0.1) is 17.9 Å². The molecule has 0 atom stereocenters. The number of nitrogens with zero attached hydrogens (tertiary/aromatic N) is 2. The monoisotopic (exact) mass is 475 g/mol. The Morgan fingerprint density at radius 1 is 1.09 bits per heavy atom. The van der Waals surface area contributed by atoms with Gasteiger partial charge in [0.25, 0.3) is 5.56 Å². The molecule has 4 aromatic rings. The maximum atomic E-state index is 13.5. The Morgan fingerprint density at radius 3 is 2.65 bits per heavy atom. The van der Waals surface area contributed by atoms with Gasteiger partial charge in [-0.15, -0.1) is 0 Å². The van der Waals surface area contributed by atoms with Gasteiger partial charge in [-0.05, 0) is 43.3 Å². The topological polar surface area (TPSA) is 74.5 Å². The lowest BCUT2D eigenvalue weighted by atomic mass is 10.0. The van der Waals surface area contributed by atoms with E-state index in [0.29, 0.717) is 52.4 Å². The fourth-order valence-electron chi connectivity index (χ4n) is 4.08. The lowest BCUT2D eigenvalue weighted by molar-refractivity contribution is -0.117. The van der Waals surface area contributed by atoms with Crippen molar-refractivity contribution in [2.75, 3.05) is 11.9 Å². The van der Waals surface area contributed by atoms with Crippen molar-refractivity contribution in [1.29, 1.82) is 0 Å². The highest BCUT2D eigenvalue weighted by molar-refractivity contribution is 6.30. The summed E-state index contributed by atoms with van der Waals surface area (Å²) < 4.78 is 15.1. The average molecular weight is 476 g/mol. The van der Waals surface area contributed by atoms with Crippen LogP contribution in [-0.2, 0) is 17.8 Å². The van der Waals surface area contributed by atoms with Crippen LogP contribution in [0.25, 0.3) is 5.69 Å². The molecule has 2 heterocycles. The molecule has 0 fully saturated rings. The Bertz CT molecular complexity index is 1430. The first-order chi connectivity index (χ1) is 16.5. The molecule has 1 aliphatic rings. The molecule has 1 aromatic heterocycles. The second-order valence-corrected chi connectivity index (χ2v) is 8.25. The molecule has 34 heavy (non-hydrogen) atoms. The summed E-state index contributed by atoms with van der Waals surface area (Å²) in [4.78, 5) is 26.5. The van der Waals surface area contributed by atoms with E-state index in [1.165, 1.54) is 4.68 Å². The van der Waals surface area contributed by atoms with Crippen molar-refractivity contribution < 1.29 is 14.3 Å². The van der Waals surface area contributed by atoms with E-state index in [4.69, 9.17) is 21.1 Å². The number of carbonyl (C=O) groups excluding carboxylic acids is 1. The molecular weight excluding hydrogens is 454 g/mol. The molecule has 0 radical (unpaired) electrons. The smallest absolute Gasteiger partial charge is 0.278 e. The van der Waals surface area contributed by atoms with Crippen molar-refractivity contribution in [2.45, 2.75) is 19.9 Å². The standard InChI is InChI=1S/C26H22ClN3O4/c1-2-33-22-13-6-8-17-14-21-25(32)30(20-11-4-3-5-12-20)29(26(21)34-24(17)22)16-23(31)28-19-10-7-9-18(27)15-19/h3-13,15H,2,14,16H2,1H3,(H,28,31). The van der Waals surface area contributed by atoms with Gasteiger partial charge < -0.3 is 14.8 Å². The summed E-state index contributed by atoms with van der Waals surface area (Å²) in [5.74, 6) is 1.17. The molecular formula is C26H22ClN3O4. The molecule has 0 saturated heterocycles. The van der Waals surface area contributed by atoms with Crippen LogP contribution in [0.15, 0.2) is 77.6 Å². The predicted octanol–water partition coefficient (Wildman–Crippen LogP) is 5.03. The molecule has 1 aliphatic heterocycles. The summed E-state index contributed by atoms with van der Waals surface area (Å²) in [5, 5.41) is 3.35. The van der Waals surface area contributed by atoms with Gasteiger partial charge in [-0.2, -0.15) is 0 Å². The zero-order valence-electron chi connectivity index (χ0n) is 18.5. The quantitative estimate of drug-likeness (QED) is 0.374. The van der Waals surface area contributed by atoms with E-state index in [0.717, 1.165) is 5.56 Å². The maximum Gasteiger partial charge on any atom is 0.278 e. The normalized spacial score (nSPS) is 11.8. The second kappa shape index (κ2) is 9.11. The first-order valence-corrected chi connectivity index (χ1v) is 11.3. The summed E-state index contributed by atoms with van der Waals surface area (Å²) in [5.41, 5.74) is 2.31. The molecule has 0 bridgehead atoms. The van der Waals surface area contributed by atoms with Crippen LogP contribution >= 0.6 is 11.6 Å². The summed E-state index contributed by atoms with van der Waals surface area (Å²) in [6.45, 7) is 2.24. The molecule has 1 amide bonds. The third-order valence-corrected chi connectivity index (χ3v) is 5.75. The molecule has 0 saturated carbocycles. The zero-order chi connectivity index (χ0) is 23.7. The lowest BCUT2D eigenvalue weighted by Gasteiger charge is -2.21. The van der Waals surface area contributed by atoms with Crippen molar-refractivity contribution >= 4 is 23.2 Å². The number of amides is 1. The first kappa shape index (κ1) is 21.9. The van der Waals surface area contributed by atoms with Crippen molar-refractivity contribution in [3.8, 4) is 23.1 Å².